The van der Waals surface area contributed by atoms with E-state index in [0.717, 1.165) is 5.56 Å². The van der Waals surface area contributed by atoms with Crippen molar-refractivity contribution in [2.24, 2.45) is 0 Å². The minimum atomic E-state index is -0.334. The van der Waals surface area contributed by atoms with Crippen molar-refractivity contribution in [1.82, 2.24) is 9.55 Å². The Morgan fingerprint density at radius 3 is 2.60 bits per heavy atom. The van der Waals surface area contributed by atoms with Gasteiger partial charge in [0.05, 0.1) is 7.11 Å². The van der Waals surface area contributed by atoms with E-state index in [2.05, 4.69) is 15.0 Å². The second-order valence-corrected chi connectivity index (χ2v) is 4.21. The molecule has 104 valence electrons. The Hall–Kier alpha value is -2.63. The lowest BCUT2D eigenvalue weighted by atomic mass is 10.2. The topological polar surface area (TPSA) is 73.2 Å². The van der Waals surface area contributed by atoms with E-state index < -0.39 is 0 Å². The molecule has 0 aliphatic rings. The Balaban J connectivity index is 2.21. The van der Waals surface area contributed by atoms with Crippen LogP contribution in [0.1, 0.15) is 6.92 Å². The number of methoxy groups -OCH3 is 1. The zero-order valence-electron chi connectivity index (χ0n) is 11.3. The van der Waals surface area contributed by atoms with Crippen molar-refractivity contribution in [3.8, 4) is 11.4 Å². The van der Waals surface area contributed by atoms with Gasteiger partial charge in [-0.25, -0.2) is 4.98 Å². The maximum Gasteiger partial charge on any atom is 0.325 e. The summed E-state index contributed by atoms with van der Waals surface area (Å²) in [5.41, 5.74) is 1.57. The van der Waals surface area contributed by atoms with Gasteiger partial charge in [0.15, 0.2) is 0 Å². The zero-order chi connectivity index (χ0) is 14.5. The molecule has 20 heavy (non-hydrogen) atoms. The Kier molecular flexibility index (Phi) is 4.14. The van der Waals surface area contributed by atoms with E-state index in [1.165, 1.54) is 14.0 Å². The average Bonchev–Trinajstić information content (AvgIpc) is 2.87. The van der Waals surface area contributed by atoms with Crippen LogP contribution in [0.3, 0.4) is 0 Å². The molecule has 0 radical (unpaired) electrons. The number of nitrogens with zero attached hydrogens (tertiary/aromatic N) is 2. The minimum Gasteiger partial charge on any atom is -0.468 e. The first kappa shape index (κ1) is 13.8. The highest BCUT2D eigenvalue weighted by molar-refractivity contribution is 5.88. The number of esters is 1. The van der Waals surface area contributed by atoms with E-state index in [4.69, 9.17) is 0 Å². The molecule has 0 saturated heterocycles. The van der Waals surface area contributed by atoms with Crippen LogP contribution in [0.2, 0.25) is 0 Å². The molecule has 1 N–H and O–H groups in total. The van der Waals surface area contributed by atoms with Crippen molar-refractivity contribution in [1.29, 1.82) is 0 Å². The van der Waals surface area contributed by atoms with Crippen molar-refractivity contribution in [2.45, 2.75) is 13.5 Å². The highest BCUT2D eigenvalue weighted by Crippen LogP contribution is 2.20. The Morgan fingerprint density at radius 1 is 1.30 bits per heavy atom. The van der Waals surface area contributed by atoms with Crippen molar-refractivity contribution in [3.05, 3.63) is 36.7 Å². The summed E-state index contributed by atoms with van der Waals surface area (Å²) in [5, 5.41) is 2.69. The maximum atomic E-state index is 11.3. The molecule has 0 saturated carbocycles. The molecule has 1 heterocycles. The summed E-state index contributed by atoms with van der Waals surface area (Å²) >= 11 is 0. The van der Waals surface area contributed by atoms with Crippen molar-refractivity contribution < 1.29 is 14.3 Å². The van der Waals surface area contributed by atoms with Crippen LogP contribution in [0.25, 0.3) is 11.4 Å². The highest BCUT2D eigenvalue weighted by atomic mass is 16.5. The van der Waals surface area contributed by atoms with Gasteiger partial charge in [-0.15, -0.1) is 0 Å². The van der Waals surface area contributed by atoms with Crippen LogP contribution in [0, 0.1) is 0 Å². The first-order valence-corrected chi connectivity index (χ1v) is 6.06. The lowest BCUT2D eigenvalue weighted by Crippen LogP contribution is -2.11. The van der Waals surface area contributed by atoms with Gasteiger partial charge in [0, 0.05) is 30.6 Å². The number of rotatable bonds is 4. The minimum absolute atomic E-state index is 0.110. The molecule has 1 amide bonds. The van der Waals surface area contributed by atoms with Crippen LogP contribution in [0.4, 0.5) is 5.69 Å². The van der Waals surface area contributed by atoms with Gasteiger partial charge < -0.3 is 14.6 Å². The van der Waals surface area contributed by atoms with Gasteiger partial charge in [-0.3, -0.25) is 9.59 Å². The lowest BCUT2D eigenvalue weighted by molar-refractivity contribution is -0.141. The number of benzene rings is 1. The Morgan fingerprint density at radius 2 is 2.00 bits per heavy atom. The number of hydrogen-bond acceptors (Lipinski definition) is 4. The number of imidazole rings is 1. The number of carbonyl (C=O) groups is 2. The second-order valence-electron chi connectivity index (χ2n) is 4.21. The van der Waals surface area contributed by atoms with Crippen LogP contribution in [-0.2, 0) is 20.9 Å². The molecule has 2 rings (SSSR count). The molecule has 0 aliphatic carbocycles. The van der Waals surface area contributed by atoms with Gasteiger partial charge >= 0.3 is 5.97 Å². The van der Waals surface area contributed by atoms with E-state index >= 15 is 0 Å². The molecular weight excluding hydrogens is 258 g/mol. The average molecular weight is 273 g/mol. The van der Waals surface area contributed by atoms with Crippen LogP contribution >= 0.6 is 0 Å². The lowest BCUT2D eigenvalue weighted by Gasteiger charge is -2.07. The van der Waals surface area contributed by atoms with Crippen molar-refractivity contribution >= 4 is 17.6 Å². The highest BCUT2D eigenvalue weighted by Gasteiger charge is 2.09. The predicted molar refractivity (Wildman–Crippen MR) is 74.0 cm³/mol. The van der Waals surface area contributed by atoms with Crippen LogP contribution in [-0.4, -0.2) is 28.5 Å². The molecule has 2 aromatic rings. The number of amides is 1. The number of nitrogens with one attached hydrogen (secondary N) is 1. The van der Waals surface area contributed by atoms with E-state index in [0.29, 0.717) is 11.5 Å². The fourth-order valence-corrected chi connectivity index (χ4v) is 1.81. The van der Waals surface area contributed by atoms with Crippen LogP contribution in [0.5, 0.6) is 0 Å². The molecule has 6 heteroatoms. The Bertz CT molecular complexity index is 617. The summed E-state index contributed by atoms with van der Waals surface area (Å²) in [5.74, 6) is 0.217. The van der Waals surface area contributed by atoms with Crippen LogP contribution < -0.4 is 5.32 Å². The fraction of sp³-hybridized carbons (Fsp3) is 0.214. The van der Waals surface area contributed by atoms with Gasteiger partial charge in [0.1, 0.15) is 12.4 Å². The van der Waals surface area contributed by atoms with E-state index in [9.17, 15) is 9.59 Å². The third-order valence-corrected chi connectivity index (χ3v) is 2.71. The fourth-order valence-electron chi connectivity index (χ4n) is 1.81. The monoisotopic (exact) mass is 273 g/mol. The van der Waals surface area contributed by atoms with E-state index in [1.807, 2.05) is 12.1 Å². The summed E-state index contributed by atoms with van der Waals surface area (Å²) in [6.45, 7) is 1.57. The van der Waals surface area contributed by atoms with Crippen molar-refractivity contribution in [2.75, 3.05) is 12.4 Å². The molecule has 0 fully saturated rings. The maximum absolute atomic E-state index is 11.3. The quantitative estimate of drug-likeness (QED) is 0.860. The summed E-state index contributed by atoms with van der Waals surface area (Å²) < 4.78 is 6.35. The van der Waals surface area contributed by atoms with Gasteiger partial charge in [0.25, 0.3) is 0 Å². The molecule has 1 aromatic heterocycles. The standard InChI is InChI=1S/C14H15N3O3/c1-10(18)16-12-5-3-11(4-6-12)14-15-7-8-17(14)9-13(19)20-2/h3-8H,9H2,1-2H3,(H,16,18). The number of anilines is 1. The molecule has 0 spiro atoms. The molecule has 0 unspecified atom stereocenters. The number of hydrogen-bond donors (Lipinski definition) is 1. The summed E-state index contributed by atoms with van der Waals surface area (Å²) in [6.07, 6.45) is 3.34. The first-order valence-electron chi connectivity index (χ1n) is 6.06. The third-order valence-electron chi connectivity index (χ3n) is 2.71. The van der Waals surface area contributed by atoms with Crippen molar-refractivity contribution in [3.63, 3.8) is 0 Å². The molecule has 6 nitrogen and oxygen atoms in total. The molecule has 0 bridgehead atoms. The molecule has 1 aromatic carbocycles. The van der Waals surface area contributed by atoms with Gasteiger partial charge in [-0.1, -0.05) is 0 Å². The van der Waals surface area contributed by atoms with Gasteiger partial charge in [-0.05, 0) is 24.3 Å². The van der Waals surface area contributed by atoms with Crippen LogP contribution in [0.15, 0.2) is 36.7 Å². The predicted octanol–water partition coefficient (Wildman–Crippen LogP) is 1.68. The zero-order valence-corrected chi connectivity index (χ0v) is 11.3. The smallest absolute Gasteiger partial charge is 0.325 e. The summed E-state index contributed by atoms with van der Waals surface area (Å²) in [4.78, 5) is 26.5. The third kappa shape index (κ3) is 3.23. The van der Waals surface area contributed by atoms with Gasteiger partial charge in [0.2, 0.25) is 5.91 Å². The first-order chi connectivity index (χ1) is 9.60. The largest absolute Gasteiger partial charge is 0.468 e. The summed E-state index contributed by atoms with van der Waals surface area (Å²) in [7, 11) is 1.35. The van der Waals surface area contributed by atoms with E-state index in [-0.39, 0.29) is 18.4 Å². The SMILES string of the molecule is COC(=O)Cn1ccnc1-c1ccc(NC(C)=O)cc1. The Labute approximate surface area is 116 Å². The second kappa shape index (κ2) is 6.01. The number of ether oxygens (including phenoxy) is 1. The molecule has 0 atom stereocenters. The molecule has 0 aliphatic heterocycles. The normalized spacial score (nSPS) is 10.1. The number of aromatic nitrogens is 2. The van der Waals surface area contributed by atoms with E-state index in [1.54, 1.807) is 29.1 Å². The summed E-state index contributed by atoms with van der Waals surface area (Å²) in [6, 6.07) is 7.24. The number of carbonyl (C=O) groups excluding carboxylic acids is 2. The van der Waals surface area contributed by atoms with Gasteiger partial charge in [-0.2, -0.15) is 0 Å². The molecular formula is C14H15N3O3.